The maximum absolute atomic E-state index is 6.27. The number of aromatic nitrogens is 3. The first kappa shape index (κ1) is 12.9. The molecule has 5 heteroatoms. The predicted molar refractivity (Wildman–Crippen MR) is 79.4 cm³/mol. The molecular formula is C15H14ClN3O. The number of rotatable bonds is 3. The summed E-state index contributed by atoms with van der Waals surface area (Å²) in [5.74, 6) is 0.775. The molecule has 0 radical (unpaired) electrons. The van der Waals surface area contributed by atoms with Crippen molar-refractivity contribution in [1.29, 1.82) is 0 Å². The normalized spacial score (nSPS) is 10.9. The number of halogens is 1. The van der Waals surface area contributed by atoms with Crippen LogP contribution in [-0.2, 0) is 6.54 Å². The van der Waals surface area contributed by atoms with E-state index in [1.807, 2.05) is 41.9 Å². The Balaban J connectivity index is 2.04. The second kappa shape index (κ2) is 5.13. The minimum Gasteiger partial charge on any atom is -0.497 e. The predicted octanol–water partition coefficient (Wildman–Crippen LogP) is 3.45. The molecule has 2 heterocycles. The van der Waals surface area contributed by atoms with E-state index in [4.69, 9.17) is 16.3 Å². The summed E-state index contributed by atoms with van der Waals surface area (Å²) in [7, 11) is 1.64. The van der Waals surface area contributed by atoms with E-state index in [1.165, 1.54) is 0 Å². The maximum Gasteiger partial charge on any atom is 0.134 e. The Hall–Kier alpha value is -2.07. The Bertz CT molecular complexity index is 767. The zero-order valence-corrected chi connectivity index (χ0v) is 12.1. The highest BCUT2D eigenvalue weighted by molar-refractivity contribution is 6.30. The number of hydrogen-bond acceptors (Lipinski definition) is 3. The van der Waals surface area contributed by atoms with Gasteiger partial charge in [-0.25, -0.2) is 4.98 Å². The van der Waals surface area contributed by atoms with Crippen LogP contribution in [0.3, 0.4) is 0 Å². The lowest BCUT2D eigenvalue weighted by atomic mass is 10.1. The zero-order valence-electron chi connectivity index (χ0n) is 11.3. The van der Waals surface area contributed by atoms with E-state index in [-0.39, 0.29) is 0 Å². The third-order valence-corrected chi connectivity index (χ3v) is 3.63. The van der Waals surface area contributed by atoms with Gasteiger partial charge in [0.05, 0.1) is 19.2 Å². The third kappa shape index (κ3) is 2.34. The lowest BCUT2D eigenvalue weighted by Gasteiger charge is -2.09. The maximum atomic E-state index is 6.27. The van der Waals surface area contributed by atoms with Crippen LogP contribution in [-0.4, -0.2) is 21.9 Å². The SMILES string of the molecule is COc1ccc2cc(Cn3nccc3C)c(Cl)nc2c1. The lowest BCUT2D eigenvalue weighted by Crippen LogP contribution is -2.04. The van der Waals surface area contributed by atoms with Crippen molar-refractivity contribution in [3.63, 3.8) is 0 Å². The van der Waals surface area contributed by atoms with Crippen LogP contribution in [0.1, 0.15) is 11.3 Å². The van der Waals surface area contributed by atoms with Gasteiger partial charge in [-0.15, -0.1) is 0 Å². The van der Waals surface area contributed by atoms with Crippen LogP contribution < -0.4 is 4.74 Å². The number of aryl methyl sites for hydroxylation is 1. The van der Waals surface area contributed by atoms with Crippen LogP contribution in [0, 0.1) is 6.92 Å². The Morgan fingerprint density at radius 1 is 1.25 bits per heavy atom. The van der Waals surface area contributed by atoms with E-state index in [1.54, 1.807) is 13.3 Å². The standard InChI is InChI=1S/C15H14ClN3O/c1-10-5-6-17-19(10)9-12-7-11-3-4-13(20-2)8-14(11)18-15(12)16/h3-8H,9H2,1-2H3. The Morgan fingerprint density at radius 3 is 2.80 bits per heavy atom. The number of hydrogen-bond donors (Lipinski definition) is 0. The molecule has 0 saturated heterocycles. The molecule has 2 aromatic heterocycles. The molecule has 3 rings (SSSR count). The molecule has 1 aromatic carbocycles. The molecule has 0 saturated carbocycles. The largest absolute Gasteiger partial charge is 0.497 e. The highest BCUT2D eigenvalue weighted by Gasteiger charge is 2.08. The number of pyridine rings is 1. The fourth-order valence-corrected chi connectivity index (χ4v) is 2.34. The number of nitrogens with zero attached hydrogens (tertiary/aromatic N) is 3. The molecule has 0 atom stereocenters. The molecule has 4 nitrogen and oxygen atoms in total. The van der Waals surface area contributed by atoms with Crippen molar-refractivity contribution >= 4 is 22.5 Å². The van der Waals surface area contributed by atoms with Crippen LogP contribution in [0.2, 0.25) is 5.15 Å². The summed E-state index contributed by atoms with van der Waals surface area (Å²) in [6.07, 6.45) is 1.78. The minimum absolute atomic E-state index is 0.501. The third-order valence-electron chi connectivity index (χ3n) is 3.30. The molecule has 0 N–H and O–H groups in total. The topological polar surface area (TPSA) is 39.9 Å². The van der Waals surface area contributed by atoms with E-state index in [0.717, 1.165) is 27.9 Å². The van der Waals surface area contributed by atoms with Gasteiger partial charge in [-0.2, -0.15) is 5.10 Å². The summed E-state index contributed by atoms with van der Waals surface area (Å²) in [5.41, 5.74) is 2.88. The average molecular weight is 288 g/mol. The van der Waals surface area contributed by atoms with Crippen LogP contribution in [0.5, 0.6) is 5.75 Å². The monoisotopic (exact) mass is 287 g/mol. The first-order valence-corrected chi connectivity index (χ1v) is 6.67. The van der Waals surface area contributed by atoms with Crippen LogP contribution in [0.15, 0.2) is 36.5 Å². The molecule has 0 aliphatic heterocycles. The number of methoxy groups -OCH3 is 1. The molecule has 0 fully saturated rings. The number of fused-ring (bicyclic) bond motifs is 1. The lowest BCUT2D eigenvalue weighted by molar-refractivity contribution is 0.415. The highest BCUT2D eigenvalue weighted by Crippen LogP contribution is 2.24. The first-order valence-electron chi connectivity index (χ1n) is 6.29. The van der Waals surface area contributed by atoms with Crippen molar-refractivity contribution in [1.82, 2.24) is 14.8 Å². The number of benzene rings is 1. The van der Waals surface area contributed by atoms with E-state index in [0.29, 0.717) is 11.7 Å². The average Bonchev–Trinajstić information content (AvgIpc) is 2.84. The molecule has 20 heavy (non-hydrogen) atoms. The van der Waals surface area contributed by atoms with Crippen molar-refractivity contribution in [3.8, 4) is 5.75 Å². The van der Waals surface area contributed by atoms with Gasteiger partial charge in [0.1, 0.15) is 10.9 Å². The van der Waals surface area contributed by atoms with E-state index in [2.05, 4.69) is 10.1 Å². The van der Waals surface area contributed by atoms with Gasteiger partial charge < -0.3 is 4.74 Å². The van der Waals surface area contributed by atoms with Gasteiger partial charge in [0.15, 0.2) is 0 Å². The van der Waals surface area contributed by atoms with Crippen molar-refractivity contribution in [2.45, 2.75) is 13.5 Å². The van der Waals surface area contributed by atoms with Crippen molar-refractivity contribution in [2.24, 2.45) is 0 Å². The molecule has 0 bridgehead atoms. The van der Waals surface area contributed by atoms with Gasteiger partial charge >= 0.3 is 0 Å². The molecule has 0 spiro atoms. The minimum atomic E-state index is 0.501. The summed E-state index contributed by atoms with van der Waals surface area (Å²) in [6.45, 7) is 2.63. The molecule has 0 amide bonds. The first-order chi connectivity index (χ1) is 9.67. The summed E-state index contributed by atoms with van der Waals surface area (Å²) < 4.78 is 7.10. The fourth-order valence-electron chi connectivity index (χ4n) is 2.13. The Kier molecular flexibility index (Phi) is 3.32. The molecule has 3 aromatic rings. The van der Waals surface area contributed by atoms with E-state index < -0.39 is 0 Å². The van der Waals surface area contributed by atoms with Crippen molar-refractivity contribution in [3.05, 3.63) is 52.9 Å². The summed E-state index contributed by atoms with van der Waals surface area (Å²) >= 11 is 6.27. The van der Waals surface area contributed by atoms with E-state index in [9.17, 15) is 0 Å². The smallest absolute Gasteiger partial charge is 0.134 e. The molecular weight excluding hydrogens is 274 g/mol. The summed E-state index contributed by atoms with van der Waals surface area (Å²) in [5, 5.41) is 5.81. The Morgan fingerprint density at radius 2 is 2.10 bits per heavy atom. The van der Waals surface area contributed by atoms with Gasteiger partial charge in [-0.05, 0) is 31.2 Å². The quantitative estimate of drug-likeness (QED) is 0.693. The van der Waals surface area contributed by atoms with E-state index >= 15 is 0 Å². The summed E-state index contributed by atoms with van der Waals surface area (Å²) in [6, 6.07) is 9.79. The Labute approximate surface area is 122 Å². The molecule has 0 aliphatic carbocycles. The molecule has 0 unspecified atom stereocenters. The van der Waals surface area contributed by atoms with Gasteiger partial charge in [0.25, 0.3) is 0 Å². The van der Waals surface area contributed by atoms with Gasteiger partial charge in [0, 0.05) is 28.9 Å². The van der Waals surface area contributed by atoms with Crippen molar-refractivity contribution in [2.75, 3.05) is 7.11 Å². The van der Waals surface area contributed by atoms with Gasteiger partial charge in [0.2, 0.25) is 0 Å². The molecule has 102 valence electrons. The number of ether oxygens (including phenoxy) is 1. The van der Waals surface area contributed by atoms with Crippen LogP contribution in [0.25, 0.3) is 10.9 Å². The van der Waals surface area contributed by atoms with Gasteiger partial charge in [-0.3, -0.25) is 4.68 Å². The van der Waals surface area contributed by atoms with Crippen LogP contribution in [0.4, 0.5) is 0 Å². The fraction of sp³-hybridized carbons (Fsp3) is 0.200. The second-order valence-corrected chi connectivity index (χ2v) is 4.99. The second-order valence-electron chi connectivity index (χ2n) is 4.63. The highest BCUT2D eigenvalue weighted by atomic mass is 35.5. The zero-order chi connectivity index (χ0) is 14.1. The van der Waals surface area contributed by atoms with Gasteiger partial charge in [-0.1, -0.05) is 11.6 Å². The summed E-state index contributed by atoms with van der Waals surface area (Å²) in [4.78, 5) is 4.44. The van der Waals surface area contributed by atoms with Crippen LogP contribution >= 0.6 is 11.6 Å². The molecule has 0 aliphatic rings. The van der Waals surface area contributed by atoms with Crippen molar-refractivity contribution < 1.29 is 4.74 Å².